The fourth-order valence-electron chi connectivity index (χ4n) is 1.44. The highest BCUT2D eigenvalue weighted by molar-refractivity contribution is 5.87. The summed E-state index contributed by atoms with van der Waals surface area (Å²) in [5.41, 5.74) is -1.72. The Morgan fingerprint density at radius 1 is 1.26 bits per heavy atom. The van der Waals surface area contributed by atoms with E-state index in [-0.39, 0.29) is 11.3 Å². The number of carboxylic acid groups (broad SMARTS) is 1. The monoisotopic (exact) mass is 274 g/mol. The van der Waals surface area contributed by atoms with Gasteiger partial charge in [-0.1, -0.05) is 0 Å². The highest BCUT2D eigenvalue weighted by Gasteiger charge is 2.33. The quantitative estimate of drug-likeness (QED) is 0.857. The molecule has 1 N–H and O–H groups in total. The standard InChI is InChI=1S/C11H6F4N2O2/c12-7-5-6(10(18)19)1-2-8(7)17-4-3-9(16-17)11(13,14)15/h1-5H,(H,18,19). The van der Waals surface area contributed by atoms with E-state index in [1.807, 2.05) is 0 Å². The van der Waals surface area contributed by atoms with Gasteiger partial charge in [0.2, 0.25) is 0 Å². The van der Waals surface area contributed by atoms with E-state index in [0.29, 0.717) is 16.8 Å². The molecule has 0 bridgehead atoms. The number of halogens is 4. The van der Waals surface area contributed by atoms with Crippen LogP contribution in [0.15, 0.2) is 30.5 Å². The Kier molecular flexibility index (Phi) is 3.01. The van der Waals surface area contributed by atoms with Gasteiger partial charge in [-0.25, -0.2) is 13.9 Å². The fraction of sp³-hybridized carbons (Fsp3) is 0.0909. The lowest BCUT2D eigenvalue weighted by atomic mass is 10.2. The van der Waals surface area contributed by atoms with Crippen molar-refractivity contribution in [2.75, 3.05) is 0 Å². The second-order valence-corrected chi connectivity index (χ2v) is 3.61. The summed E-state index contributed by atoms with van der Waals surface area (Å²) in [5.74, 6) is -2.31. The average Bonchev–Trinajstić information content (AvgIpc) is 2.77. The van der Waals surface area contributed by atoms with Crippen molar-refractivity contribution in [2.45, 2.75) is 6.18 Å². The Balaban J connectivity index is 2.43. The van der Waals surface area contributed by atoms with E-state index in [0.717, 1.165) is 18.3 Å². The van der Waals surface area contributed by atoms with Gasteiger partial charge >= 0.3 is 12.1 Å². The zero-order valence-electron chi connectivity index (χ0n) is 9.15. The molecule has 1 heterocycles. The first-order valence-corrected chi connectivity index (χ1v) is 4.95. The average molecular weight is 274 g/mol. The highest BCUT2D eigenvalue weighted by Crippen LogP contribution is 2.28. The smallest absolute Gasteiger partial charge is 0.435 e. The molecule has 0 amide bonds. The van der Waals surface area contributed by atoms with Gasteiger partial charge in [0.25, 0.3) is 0 Å². The lowest BCUT2D eigenvalue weighted by Crippen LogP contribution is -2.08. The predicted molar refractivity (Wildman–Crippen MR) is 55.5 cm³/mol. The Hall–Kier alpha value is -2.38. The molecule has 1 aromatic carbocycles. The van der Waals surface area contributed by atoms with Crippen molar-refractivity contribution < 1.29 is 27.5 Å². The first kappa shape index (κ1) is 13.1. The van der Waals surface area contributed by atoms with E-state index in [2.05, 4.69) is 5.10 Å². The number of hydrogen-bond acceptors (Lipinski definition) is 2. The summed E-state index contributed by atoms with van der Waals surface area (Å²) in [6, 6.07) is 3.54. The molecule has 2 rings (SSSR count). The molecule has 0 saturated heterocycles. The van der Waals surface area contributed by atoms with Crippen LogP contribution in [0.1, 0.15) is 16.1 Å². The third kappa shape index (κ3) is 2.56. The predicted octanol–water partition coefficient (Wildman–Crippen LogP) is 2.73. The molecule has 0 unspecified atom stereocenters. The summed E-state index contributed by atoms with van der Waals surface area (Å²) < 4.78 is 51.3. The van der Waals surface area contributed by atoms with Gasteiger partial charge in [0, 0.05) is 6.20 Å². The summed E-state index contributed by atoms with van der Waals surface area (Å²) in [7, 11) is 0. The summed E-state index contributed by atoms with van der Waals surface area (Å²) in [4.78, 5) is 10.6. The third-order valence-electron chi connectivity index (χ3n) is 2.32. The van der Waals surface area contributed by atoms with Crippen molar-refractivity contribution in [1.29, 1.82) is 0 Å². The van der Waals surface area contributed by atoms with Crippen LogP contribution in [0, 0.1) is 5.82 Å². The topological polar surface area (TPSA) is 55.1 Å². The molecule has 100 valence electrons. The molecule has 0 atom stereocenters. The van der Waals surface area contributed by atoms with Gasteiger partial charge in [-0.15, -0.1) is 0 Å². The number of nitrogens with zero attached hydrogens (tertiary/aromatic N) is 2. The van der Waals surface area contributed by atoms with Gasteiger partial charge in [-0.3, -0.25) is 0 Å². The molecule has 8 heteroatoms. The van der Waals surface area contributed by atoms with Crippen molar-refractivity contribution in [3.05, 3.63) is 47.5 Å². The third-order valence-corrected chi connectivity index (χ3v) is 2.32. The number of benzene rings is 1. The van der Waals surface area contributed by atoms with Crippen LogP contribution >= 0.6 is 0 Å². The van der Waals surface area contributed by atoms with E-state index in [1.165, 1.54) is 0 Å². The molecule has 0 aliphatic heterocycles. The number of hydrogen-bond donors (Lipinski definition) is 1. The number of aromatic carboxylic acids is 1. The van der Waals surface area contributed by atoms with Gasteiger partial charge in [0.05, 0.1) is 5.56 Å². The Morgan fingerprint density at radius 2 is 1.95 bits per heavy atom. The molecule has 2 aromatic rings. The minimum absolute atomic E-state index is 0.263. The second kappa shape index (κ2) is 4.38. The first-order chi connectivity index (χ1) is 8.79. The normalized spacial score (nSPS) is 11.6. The second-order valence-electron chi connectivity index (χ2n) is 3.61. The van der Waals surface area contributed by atoms with Crippen LogP contribution in [0.3, 0.4) is 0 Å². The maximum absolute atomic E-state index is 13.6. The molecule has 0 aliphatic carbocycles. The van der Waals surface area contributed by atoms with Crippen molar-refractivity contribution in [3.8, 4) is 5.69 Å². The molecule has 19 heavy (non-hydrogen) atoms. The molecule has 0 spiro atoms. The van der Waals surface area contributed by atoms with Crippen LogP contribution in [0.4, 0.5) is 17.6 Å². The van der Waals surface area contributed by atoms with Gasteiger partial charge in [-0.05, 0) is 24.3 Å². The van der Waals surface area contributed by atoms with Gasteiger partial charge in [0.1, 0.15) is 11.5 Å². The number of carbonyl (C=O) groups is 1. The lowest BCUT2D eigenvalue weighted by Gasteiger charge is -2.05. The molecular weight excluding hydrogens is 268 g/mol. The summed E-state index contributed by atoms with van der Waals surface area (Å²) in [6.45, 7) is 0. The molecule has 4 nitrogen and oxygen atoms in total. The van der Waals surface area contributed by atoms with Crippen LogP contribution in [0.25, 0.3) is 5.69 Å². The lowest BCUT2D eigenvalue weighted by molar-refractivity contribution is -0.141. The number of aromatic nitrogens is 2. The largest absolute Gasteiger partial charge is 0.478 e. The van der Waals surface area contributed by atoms with Crippen molar-refractivity contribution in [1.82, 2.24) is 9.78 Å². The van der Waals surface area contributed by atoms with Crippen molar-refractivity contribution >= 4 is 5.97 Å². The highest BCUT2D eigenvalue weighted by atomic mass is 19.4. The SMILES string of the molecule is O=C(O)c1ccc(-n2ccc(C(F)(F)F)n2)c(F)c1. The number of alkyl halides is 3. The Morgan fingerprint density at radius 3 is 2.42 bits per heavy atom. The summed E-state index contributed by atoms with van der Waals surface area (Å²) >= 11 is 0. The van der Waals surface area contributed by atoms with Gasteiger partial charge < -0.3 is 5.11 Å². The summed E-state index contributed by atoms with van der Waals surface area (Å²) in [5, 5.41) is 11.8. The van der Waals surface area contributed by atoms with Crippen LogP contribution in [-0.2, 0) is 6.18 Å². The number of carboxylic acids is 1. The van der Waals surface area contributed by atoms with Crippen LogP contribution in [0.2, 0.25) is 0 Å². The van der Waals surface area contributed by atoms with E-state index < -0.39 is 23.7 Å². The summed E-state index contributed by atoms with van der Waals surface area (Å²) in [6.07, 6.45) is -3.68. The maximum Gasteiger partial charge on any atom is 0.435 e. The Labute approximate surface area is 103 Å². The fourth-order valence-corrected chi connectivity index (χ4v) is 1.44. The molecule has 0 fully saturated rings. The van der Waals surface area contributed by atoms with Crippen molar-refractivity contribution in [2.24, 2.45) is 0 Å². The minimum Gasteiger partial charge on any atom is -0.478 e. The minimum atomic E-state index is -4.62. The van der Waals surface area contributed by atoms with Crippen LogP contribution in [-0.4, -0.2) is 20.9 Å². The van der Waals surface area contributed by atoms with Crippen LogP contribution < -0.4 is 0 Å². The molecule has 0 radical (unpaired) electrons. The Bertz CT molecular complexity index is 634. The molecule has 0 aliphatic rings. The van der Waals surface area contributed by atoms with Gasteiger partial charge in [-0.2, -0.15) is 18.3 Å². The number of rotatable bonds is 2. The zero-order chi connectivity index (χ0) is 14.2. The van der Waals surface area contributed by atoms with E-state index in [4.69, 9.17) is 5.11 Å². The van der Waals surface area contributed by atoms with Crippen LogP contribution in [0.5, 0.6) is 0 Å². The molecular formula is C11H6F4N2O2. The van der Waals surface area contributed by atoms with Gasteiger partial charge in [0.15, 0.2) is 5.69 Å². The first-order valence-electron chi connectivity index (χ1n) is 4.95. The van der Waals surface area contributed by atoms with E-state index in [9.17, 15) is 22.4 Å². The van der Waals surface area contributed by atoms with E-state index >= 15 is 0 Å². The zero-order valence-corrected chi connectivity index (χ0v) is 9.15. The van der Waals surface area contributed by atoms with Crippen molar-refractivity contribution in [3.63, 3.8) is 0 Å². The molecule has 0 saturated carbocycles. The maximum atomic E-state index is 13.6. The molecule has 1 aromatic heterocycles. The van der Waals surface area contributed by atoms with E-state index in [1.54, 1.807) is 0 Å².